The lowest BCUT2D eigenvalue weighted by Crippen LogP contribution is -2.46. The van der Waals surface area contributed by atoms with Crippen molar-refractivity contribution in [3.63, 3.8) is 0 Å². The van der Waals surface area contributed by atoms with Crippen LogP contribution in [0.5, 0.6) is 0 Å². The van der Waals surface area contributed by atoms with E-state index in [1.165, 1.54) is 11.1 Å². The normalized spacial score (nSPS) is 18.3. The number of hydrogen-bond acceptors (Lipinski definition) is 4. The van der Waals surface area contributed by atoms with Crippen LogP contribution in [0.3, 0.4) is 0 Å². The van der Waals surface area contributed by atoms with E-state index >= 15 is 0 Å². The van der Waals surface area contributed by atoms with Crippen molar-refractivity contribution in [1.82, 2.24) is 5.32 Å². The Labute approximate surface area is 164 Å². The van der Waals surface area contributed by atoms with Crippen molar-refractivity contribution in [2.24, 2.45) is 5.73 Å². The van der Waals surface area contributed by atoms with Gasteiger partial charge < -0.3 is 11.1 Å². The van der Waals surface area contributed by atoms with Gasteiger partial charge in [-0.25, -0.2) is 8.42 Å². The van der Waals surface area contributed by atoms with E-state index in [1.807, 2.05) is 0 Å². The van der Waals surface area contributed by atoms with Gasteiger partial charge in [-0.15, -0.1) is 0 Å². The molecule has 1 aromatic carbocycles. The molecule has 1 amide bonds. The summed E-state index contributed by atoms with van der Waals surface area (Å²) < 4.78 is 22.5. The Kier molecular flexibility index (Phi) is 6.74. The molecule has 0 spiro atoms. The molecule has 1 aromatic rings. The number of carbonyl (C=O) groups excluding carboxylic acids is 1. The Morgan fingerprint density at radius 2 is 1.74 bits per heavy atom. The molecule has 0 heterocycles. The van der Waals surface area contributed by atoms with Crippen LogP contribution in [-0.2, 0) is 25.5 Å². The van der Waals surface area contributed by atoms with Gasteiger partial charge in [0.05, 0.1) is 11.8 Å². The van der Waals surface area contributed by atoms with Crippen LogP contribution in [0.15, 0.2) is 24.3 Å². The van der Waals surface area contributed by atoms with E-state index in [9.17, 15) is 13.2 Å². The third-order valence-electron chi connectivity index (χ3n) is 5.66. The third kappa shape index (κ3) is 6.04. The fraction of sp³-hybridized carbons (Fsp3) is 0.667. The number of nitrogens with one attached hydrogen (secondary N) is 1. The Morgan fingerprint density at radius 3 is 2.22 bits per heavy atom. The van der Waals surface area contributed by atoms with Crippen molar-refractivity contribution in [3.8, 4) is 0 Å². The summed E-state index contributed by atoms with van der Waals surface area (Å²) in [6.45, 7) is 7.15. The van der Waals surface area contributed by atoms with Crippen LogP contribution in [0.2, 0.25) is 0 Å². The molecule has 1 unspecified atom stereocenters. The molecule has 27 heavy (non-hydrogen) atoms. The lowest BCUT2D eigenvalue weighted by molar-refractivity contribution is -0.122. The molecule has 0 aliphatic heterocycles. The average molecular weight is 395 g/mol. The topological polar surface area (TPSA) is 89.3 Å². The fourth-order valence-corrected chi connectivity index (χ4v) is 4.48. The lowest BCUT2D eigenvalue weighted by atomic mass is 9.77. The van der Waals surface area contributed by atoms with Gasteiger partial charge in [0.15, 0.2) is 0 Å². The van der Waals surface area contributed by atoms with E-state index < -0.39 is 15.9 Å². The van der Waals surface area contributed by atoms with Crippen molar-refractivity contribution in [1.29, 1.82) is 0 Å². The first kappa shape index (κ1) is 21.9. The number of amides is 1. The minimum absolute atomic E-state index is 0.0529. The third-order valence-corrected chi connectivity index (χ3v) is 6.64. The number of carbonyl (C=O) groups is 1. The minimum Gasteiger partial charge on any atom is -0.354 e. The summed E-state index contributed by atoms with van der Waals surface area (Å²) in [6.07, 6.45) is 5.69. The molecule has 0 saturated heterocycles. The van der Waals surface area contributed by atoms with Crippen molar-refractivity contribution in [2.45, 2.75) is 69.7 Å². The van der Waals surface area contributed by atoms with Crippen molar-refractivity contribution in [2.75, 3.05) is 18.6 Å². The lowest BCUT2D eigenvalue weighted by Gasteiger charge is -2.31. The Hall–Kier alpha value is -1.40. The van der Waals surface area contributed by atoms with E-state index in [0.717, 1.165) is 31.9 Å². The highest BCUT2D eigenvalue weighted by Crippen LogP contribution is 2.41. The molecular formula is C21H34N2O3S. The first-order valence-electron chi connectivity index (χ1n) is 9.75. The Bertz CT molecular complexity index is 743. The maximum absolute atomic E-state index is 12.3. The van der Waals surface area contributed by atoms with Crippen LogP contribution < -0.4 is 11.1 Å². The van der Waals surface area contributed by atoms with E-state index in [1.54, 1.807) is 0 Å². The molecular weight excluding hydrogens is 360 g/mol. The van der Waals surface area contributed by atoms with Gasteiger partial charge in [0.2, 0.25) is 5.91 Å². The van der Waals surface area contributed by atoms with E-state index in [0.29, 0.717) is 6.54 Å². The van der Waals surface area contributed by atoms with Crippen LogP contribution in [0.4, 0.5) is 0 Å². The molecule has 3 N–H and O–H groups in total. The molecule has 1 fully saturated rings. The zero-order chi connectivity index (χ0) is 20.3. The fourth-order valence-electron chi connectivity index (χ4n) is 3.80. The number of nitrogens with two attached hydrogens (primary N) is 1. The Balaban J connectivity index is 2.05. The van der Waals surface area contributed by atoms with Gasteiger partial charge in [0.1, 0.15) is 9.84 Å². The summed E-state index contributed by atoms with van der Waals surface area (Å²) in [5.41, 5.74) is 8.50. The predicted molar refractivity (Wildman–Crippen MR) is 111 cm³/mol. The molecule has 1 saturated carbocycles. The van der Waals surface area contributed by atoms with Gasteiger partial charge in [-0.1, -0.05) is 57.9 Å². The molecule has 2 rings (SSSR count). The van der Waals surface area contributed by atoms with E-state index in [-0.39, 0.29) is 28.9 Å². The minimum atomic E-state index is -3.11. The molecule has 152 valence electrons. The Morgan fingerprint density at radius 1 is 1.19 bits per heavy atom. The first-order chi connectivity index (χ1) is 12.4. The zero-order valence-electron chi connectivity index (χ0n) is 17.0. The molecule has 5 nitrogen and oxygen atoms in total. The smallest absolute Gasteiger partial charge is 0.236 e. The standard InChI is InChI=1S/C21H34N2O3S/c1-20(2,3)16-7-9-17(10-8-16)21(12-5-6-13-21)15-23-19(24)18(22)11-14-27(4,25)26/h7-10,18H,5-6,11-15,22H2,1-4H3,(H,23,24). The number of rotatable bonds is 7. The summed E-state index contributed by atoms with van der Waals surface area (Å²) in [5, 5.41) is 2.99. The summed E-state index contributed by atoms with van der Waals surface area (Å²) in [6, 6.07) is 7.98. The van der Waals surface area contributed by atoms with Crippen molar-refractivity contribution >= 4 is 15.7 Å². The van der Waals surface area contributed by atoms with Crippen LogP contribution in [0, 0.1) is 0 Å². The highest BCUT2D eigenvalue weighted by molar-refractivity contribution is 7.90. The quantitative estimate of drug-likeness (QED) is 0.744. The molecule has 6 heteroatoms. The van der Waals surface area contributed by atoms with Gasteiger partial charge in [0, 0.05) is 18.2 Å². The zero-order valence-corrected chi connectivity index (χ0v) is 17.9. The van der Waals surface area contributed by atoms with Gasteiger partial charge in [-0.3, -0.25) is 4.79 Å². The summed E-state index contributed by atoms with van der Waals surface area (Å²) in [5.74, 6) is -0.336. The van der Waals surface area contributed by atoms with Gasteiger partial charge in [0.25, 0.3) is 0 Å². The second-order valence-corrected chi connectivity index (χ2v) is 11.3. The highest BCUT2D eigenvalue weighted by Gasteiger charge is 2.36. The van der Waals surface area contributed by atoms with Gasteiger partial charge >= 0.3 is 0 Å². The summed E-state index contributed by atoms with van der Waals surface area (Å²) in [7, 11) is -3.11. The van der Waals surface area contributed by atoms with Crippen LogP contribution in [0.1, 0.15) is 64.0 Å². The number of benzene rings is 1. The maximum Gasteiger partial charge on any atom is 0.236 e. The summed E-state index contributed by atoms with van der Waals surface area (Å²) in [4.78, 5) is 12.3. The monoisotopic (exact) mass is 394 g/mol. The van der Waals surface area contributed by atoms with Crippen LogP contribution in [-0.4, -0.2) is 38.9 Å². The largest absolute Gasteiger partial charge is 0.354 e. The van der Waals surface area contributed by atoms with Crippen molar-refractivity contribution in [3.05, 3.63) is 35.4 Å². The average Bonchev–Trinajstić information content (AvgIpc) is 3.06. The molecule has 0 aromatic heterocycles. The van der Waals surface area contributed by atoms with E-state index in [4.69, 9.17) is 5.73 Å². The molecule has 1 aliphatic carbocycles. The van der Waals surface area contributed by atoms with Crippen LogP contribution in [0.25, 0.3) is 0 Å². The second-order valence-electron chi connectivity index (χ2n) is 9.06. The number of hydrogen-bond donors (Lipinski definition) is 2. The maximum atomic E-state index is 12.3. The molecule has 0 bridgehead atoms. The van der Waals surface area contributed by atoms with Gasteiger partial charge in [-0.05, 0) is 35.8 Å². The van der Waals surface area contributed by atoms with Gasteiger partial charge in [-0.2, -0.15) is 0 Å². The molecule has 1 atom stereocenters. The highest BCUT2D eigenvalue weighted by atomic mass is 32.2. The SMILES string of the molecule is CC(C)(C)c1ccc(C2(CNC(=O)C(N)CCS(C)(=O)=O)CCCC2)cc1. The second kappa shape index (κ2) is 8.31. The number of sulfone groups is 1. The van der Waals surface area contributed by atoms with E-state index in [2.05, 4.69) is 50.4 Å². The first-order valence-corrected chi connectivity index (χ1v) is 11.8. The van der Waals surface area contributed by atoms with Crippen molar-refractivity contribution < 1.29 is 13.2 Å². The predicted octanol–water partition coefficient (Wildman–Crippen LogP) is 2.67. The summed E-state index contributed by atoms with van der Waals surface area (Å²) >= 11 is 0. The molecule has 1 aliphatic rings. The van der Waals surface area contributed by atoms with Crippen LogP contribution >= 0.6 is 0 Å². The molecule has 0 radical (unpaired) electrons.